The zero-order valence-electron chi connectivity index (χ0n) is 11.4. The van der Waals surface area contributed by atoms with E-state index in [0.717, 1.165) is 37.7 Å². The van der Waals surface area contributed by atoms with Gasteiger partial charge in [-0.1, -0.05) is 6.07 Å². The molecule has 0 spiro atoms. The van der Waals surface area contributed by atoms with Crippen LogP contribution >= 0.6 is 0 Å². The Bertz CT molecular complexity index is 470. The Kier molecular flexibility index (Phi) is 3.51. The lowest BCUT2D eigenvalue weighted by Gasteiger charge is -2.31. The lowest BCUT2D eigenvalue weighted by Crippen LogP contribution is -2.41. The van der Waals surface area contributed by atoms with Gasteiger partial charge in [0, 0.05) is 18.3 Å². The zero-order chi connectivity index (χ0) is 13.2. The van der Waals surface area contributed by atoms with E-state index in [-0.39, 0.29) is 11.8 Å². The van der Waals surface area contributed by atoms with E-state index in [9.17, 15) is 4.79 Å². The minimum absolute atomic E-state index is 0.122. The van der Waals surface area contributed by atoms with Crippen molar-refractivity contribution in [3.8, 4) is 0 Å². The van der Waals surface area contributed by atoms with Gasteiger partial charge in [-0.05, 0) is 51.3 Å². The van der Waals surface area contributed by atoms with Gasteiger partial charge in [0.2, 0.25) is 5.91 Å². The van der Waals surface area contributed by atoms with Gasteiger partial charge in [-0.25, -0.2) is 4.98 Å². The number of pyridine rings is 1. The molecule has 3 rings (SSSR count). The first kappa shape index (κ1) is 12.6. The van der Waals surface area contributed by atoms with Crippen LogP contribution in [0.1, 0.15) is 31.4 Å². The number of rotatable bonds is 3. The second-order valence-corrected chi connectivity index (χ2v) is 5.72. The lowest BCUT2D eigenvalue weighted by atomic mass is 9.97. The van der Waals surface area contributed by atoms with Crippen LogP contribution in [0.15, 0.2) is 18.2 Å². The van der Waals surface area contributed by atoms with Crippen LogP contribution in [-0.4, -0.2) is 34.9 Å². The van der Waals surface area contributed by atoms with Crippen LogP contribution in [0.25, 0.3) is 0 Å². The van der Waals surface area contributed by atoms with E-state index < -0.39 is 0 Å². The van der Waals surface area contributed by atoms with Gasteiger partial charge in [-0.3, -0.25) is 9.69 Å². The van der Waals surface area contributed by atoms with Crippen molar-refractivity contribution in [1.29, 1.82) is 0 Å². The second kappa shape index (κ2) is 5.29. The molecule has 1 saturated carbocycles. The van der Waals surface area contributed by atoms with Gasteiger partial charge in [-0.2, -0.15) is 0 Å². The number of aromatic nitrogens is 1. The maximum absolute atomic E-state index is 12.3. The van der Waals surface area contributed by atoms with Crippen LogP contribution < -0.4 is 5.32 Å². The number of nitrogens with zero attached hydrogens (tertiary/aromatic N) is 2. The van der Waals surface area contributed by atoms with Gasteiger partial charge in [0.25, 0.3) is 0 Å². The van der Waals surface area contributed by atoms with Crippen molar-refractivity contribution in [3.63, 3.8) is 0 Å². The quantitative estimate of drug-likeness (QED) is 0.905. The van der Waals surface area contributed by atoms with E-state index in [1.807, 2.05) is 25.1 Å². The highest BCUT2D eigenvalue weighted by Crippen LogP contribution is 2.31. The van der Waals surface area contributed by atoms with E-state index in [0.29, 0.717) is 5.82 Å². The fourth-order valence-electron chi connectivity index (χ4n) is 2.83. The van der Waals surface area contributed by atoms with Gasteiger partial charge in [-0.15, -0.1) is 0 Å². The van der Waals surface area contributed by atoms with Crippen molar-refractivity contribution in [2.45, 2.75) is 38.6 Å². The highest BCUT2D eigenvalue weighted by Gasteiger charge is 2.34. The molecule has 2 aliphatic rings. The maximum atomic E-state index is 12.3. The number of likely N-dealkylation sites (tertiary alicyclic amines) is 1. The summed E-state index contributed by atoms with van der Waals surface area (Å²) in [5.41, 5.74) is 0.932. The molecule has 0 radical (unpaired) electrons. The van der Waals surface area contributed by atoms with Crippen LogP contribution in [0.5, 0.6) is 0 Å². The summed E-state index contributed by atoms with van der Waals surface area (Å²) in [6.07, 6.45) is 4.76. The molecule has 2 heterocycles. The van der Waals surface area contributed by atoms with Crippen molar-refractivity contribution in [3.05, 3.63) is 23.9 Å². The molecule has 1 N–H and O–H groups in total. The summed E-state index contributed by atoms with van der Waals surface area (Å²) in [4.78, 5) is 19.1. The molecule has 1 aromatic heterocycles. The third-order valence-electron chi connectivity index (χ3n) is 4.03. The maximum Gasteiger partial charge on any atom is 0.229 e. The number of aryl methyl sites for hydroxylation is 1. The molecule has 1 saturated heterocycles. The van der Waals surface area contributed by atoms with E-state index in [4.69, 9.17) is 0 Å². The zero-order valence-corrected chi connectivity index (χ0v) is 11.4. The highest BCUT2D eigenvalue weighted by molar-refractivity contribution is 5.91. The summed E-state index contributed by atoms with van der Waals surface area (Å²) < 4.78 is 0. The predicted octanol–water partition coefficient (Wildman–Crippen LogP) is 2.20. The average molecular weight is 259 g/mol. The minimum Gasteiger partial charge on any atom is -0.310 e. The number of hydrogen-bond acceptors (Lipinski definition) is 3. The number of carbonyl (C=O) groups is 1. The van der Waals surface area contributed by atoms with Crippen LogP contribution in [0.4, 0.5) is 5.82 Å². The molecular weight excluding hydrogens is 238 g/mol. The number of anilines is 1. The molecule has 4 nitrogen and oxygen atoms in total. The molecule has 19 heavy (non-hydrogen) atoms. The largest absolute Gasteiger partial charge is 0.310 e. The predicted molar refractivity (Wildman–Crippen MR) is 74.9 cm³/mol. The summed E-state index contributed by atoms with van der Waals surface area (Å²) in [6.45, 7) is 4.02. The van der Waals surface area contributed by atoms with Crippen molar-refractivity contribution < 1.29 is 4.79 Å². The first-order valence-electron chi connectivity index (χ1n) is 7.21. The van der Waals surface area contributed by atoms with Crippen molar-refractivity contribution in [2.24, 2.45) is 5.92 Å². The van der Waals surface area contributed by atoms with Gasteiger partial charge in [0.15, 0.2) is 0 Å². The standard InChI is InChI=1S/C15H21N3O/c1-11-4-2-6-14(16-11)17-15(19)12-5-3-9-18(10-12)13-7-8-13/h2,4,6,12-13H,3,5,7-10H2,1H3,(H,16,17,19). The second-order valence-electron chi connectivity index (χ2n) is 5.72. The van der Waals surface area contributed by atoms with Gasteiger partial charge >= 0.3 is 0 Å². The monoisotopic (exact) mass is 259 g/mol. The SMILES string of the molecule is Cc1cccc(NC(=O)C2CCCN(C3CC3)C2)n1. The molecule has 1 aliphatic carbocycles. The summed E-state index contributed by atoms with van der Waals surface area (Å²) >= 11 is 0. The van der Waals surface area contributed by atoms with E-state index in [1.165, 1.54) is 12.8 Å². The number of piperidine rings is 1. The molecule has 102 valence electrons. The Morgan fingerprint density at radius 1 is 1.37 bits per heavy atom. The van der Waals surface area contributed by atoms with Crippen LogP contribution in [0, 0.1) is 12.8 Å². The van der Waals surface area contributed by atoms with Crippen LogP contribution in [0.3, 0.4) is 0 Å². The molecule has 0 bridgehead atoms. The van der Waals surface area contributed by atoms with Crippen molar-refractivity contribution in [2.75, 3.05) is 18.4 Å². The summed E-state index contributed by atoms with van der Waals surface area (Å²) in [7, 11) is 0. The van der Waals surface area contributed by atoms with E-state index in [2.05, 4.69) is 15.2 Å². The number of nitrogens with one attached hydrogen (secondary N) is 1. The average Bonchev–Trinajstić information content (AvgIpc) is 3.23. The van der Waals surface area contributed by atoms with Crippen molar-refractivity contribution >= 4 is 11.7 Å². The van der Waals surface area contributed by atoms with E-state index in [1.54, 1.807) is 0 Å². The lowest BCUT2D eigenvalue weighted by molar-refractivity contribution is -0.121. The fourth-order valence-corrected chi connectivity index (χ4v) is 2.83. The number of amides is 1. The number of hydrogen-bond donors (Lipinski definition) is 1. The molecular formula is C15H21N3O. The molecule has 1 aliphatic heterocycles. The Balaban J connectivity index is 1.60. The Labute approximate surface area is 114 Å². The molecule has 4 heteroatoms. The first-order valence-corrected chi connectivity index (χ1v) is 7.21. The minimum atomic E-state index is 0.122. The van der Waals surface area contributed by atoms with Gasteiger partial charge in [0.1, 0.15) is 5.82 Å². The van der Waals surface area contributed by atoms with Crippen LogP contribution in [0.2, 0.25) is 0 Å². The smallest absolute Gasteiger partial charge is 0.229 e. The third-order valence-corrected chi connectivity index (χ3v) is 4.03. The van der Waals surface area contributed by atoms with E-state index >= 15 is 0 Å². The Morgan fingerprint density at radius 2 is 2.21 bits per heavy atom. The third kappa shape index (κ3) is 3.13. The summed E-state index contributed by atoms with van der Waals surface area (Å²) in [5, 5.41) is 2.96. The van der Waals surface area contributed by atoms with Gasteiger partial charge < -0.3 is 5.32 Å². The fraction of sp³-hybridized carbons (Fsp3) is 0.600. The molecule has 1 unspecified atom stereocenters. The highest BCUT2D eigenvalue weighted by atomic mass is 16.2. The molecule has 2 fully saturated rings. The molecule has 0 aromatic carbocycles. The van der Waals surface area contributed by atoms with Crippen molar-refractivity contribution in [1.82, 2.24) is 9.88 Å². The normalized spacial score (nSPS) is 24.2. The molecule has 1 aromatic rings. The first-order chi connectivity index (χ1) is 9.22. The Hall–Kier alpha value is -1.42. The van der Waals surface area contributed by atoms with Gasteiger partial charge in [0.05, 0.1) is 5.92 Å². The summed E-state index contributed by atoms with van der Waals surface area (Å²) in [6, 6.07) is 6.47. The number of carbonyl (C=O) groups excluding carboxylic acids is 1. The Morgan fingerprint density at radius 3 is 2.95 bits per heavy atom. The molecule has 1 amide bonds. The molecule has 1 atom stereocenters. The summed E-state index contributed by atoms with van der Waals surface area (Å²) in [5.74, 6) is 0.925. The van der Waals surface area contributed by atoms with Crippen LogP contribution in [-0.2, 0) is 4.79 Å². The topological polar surface area (TPSA) is 45.2 Å².